The minimum Gasteiger partial charge on any atom is -0.478 e. The van der Waals surface area contributed by atoms with Gasteiger partial charge in [0.25, 0.3) is 4.93 Å². The number of hydrogen-bond donors (Lipinski definition) is 5. The van der Waals surface area contributed by atoms with Gasteiger partial charge in [0.2, 0.25) is 5.28 Å². The Kier molecular flexibility index (Phi) is 5.75. The molecule has 0 spiro atoms. The fourth-order valence-corrected chi connectivity index (χ4v) is 4.28. The van der Waals surface area contributed by atoms with E-state index >= 15 is 0 Å². The molecule has 0 bridgehead atoms. The Balaban J connectivity index is 1.65. The number of nitrogens with two attached hydrogens (primary N) is 1. The van der Waals surface area contributed by atoms with Gasteiger partial charge in [-0.3, -0.25) is 4.57 Å². The number of imidazole rings is 1. The number of ether oxygens (including phenoxy) is 2. The maximum absolute atomic E-state index is 11.8. The third-order valence-electron chi connectivity index (χ3n) is 4.96. The van der Waals surface area contributed by atoms with Gasteiger partial charge < -0.3 is 30.5 Å². The number of rotatable bonds is 6. The van der Waals surface area contributed by atoms with Crippen molar-refractivity contribution in [3.05, 3.63) is 28.2 Å². The summed E-state index contributed by atoms with van der Waals surface area (Å²) in [5.74, 6) is 0.667. The topological polar surface area (TPSA) is 179 Å². The molecule has 0 amide bonds. The lowest BCUT2D eigenvalue weighted by Gasteiger charge is -2.28. The van der Waals surface area contributed by atoms with Crippen LogP contribution in [0.1, 0.15) is 11.9 Å². The van der Waals surface area contributed by atoms with Gasteiger partial charge in [0.05, 0.1) is 18.4 Å². The highest BCUT2D eigenvalue weighted by Crippen LogP contribution is 2.40. The lowest BCUT2D eigenvalue weighted by molar-refractivity contribution is -0.162. The molecular weight excluding hydrogens is 484 g/mol. The van der Waals surface area contributed by atoms with Crippen LogP contribution in [0.25, 0.3) is 11.2 Å². The second kappa shape index (κ2) is 8.12. The molecule has 1 aliphatic heterocycles. The average molecular weight is 499 g/mol. The molecule has 5 N–H and O–H groups in total. The Labute approximate surface area is 194 Å². The van der Waals surface area contributed by atoms with Crippen molar-refractivity contribution in [3.63, 3.8) is 0 Å². The highest BCUT2D eigenvalue weighted by Gasteiger charge is 2.56. The van der Waals surface area contributed by atoms with Gasteiger partial charge in [-0.1, -0.05) is 5.92 Å². The monoisotopic (exact) mass is 498 g/mol. The van der Waals surface area contributed by atoms with Crippen molar-refractivity contribution in [1.29, 1.82) is 0 Å². The van der Waals surface area contributed by atoms with E-state index in [-0.39, 0.29) is 28.0 Å². The molecule has 0 aromatic carbocycles. The van der Waals surface area contributed by atoms with Gasteiger partial charge in [0, 0.05) is 5.38 Å². The average Bonchev–Trinajstić information content (AvgIpc) is 3.47. The van der Waals surface area contributed by atoms with Crippen LogP contribution in [0.2, 0.25) is 5.28 Å². The quantitative estimate of drug-likeness (QED) is 0.134. The van der Waals surface area contributed by atoms with Crippen LogP contribution in [-0.2, 0) is 19.2 Å². The molecule has 1 saturated heterocycles. The Hall–Kier alpha value is -2.51. The molecule has 1 unspecified atom stereocenters. The first-order valence-corrected chi connectivity index (χ1v) is 10.6. The molecule has 168 valence electrons. The van der Waals surface area contributed by atoms with Gasteiger partial charge in [-0.2, -0.15) is 9.97 Å². The molecule has 0 radical (unpaired) electrons. The number of aliphatic hydroxyl groups excluding tert-OH is 1. The Morgan fingerprint density at radius 3 is 2.91 bits per heavy atom. The molecule has 4 rings (SSSR count). The Bertz CT molecular complexity index is 1220. The minimum atomic E-state index is -2.25. The van der Waals surface area contributed by atoms with E-state index in [9.17, 15) is 20.1 Å². The van der Waals surface area contributed by atoms with Crippen LogP contribution in [0.3, 0.4) is 0 Å². The number of thiazole rings is 1. The SMILES string of the molecule is C#C[C@@]1(O)[C@@H](COC(S)(C(=O)O)c2cscn2)O[C@@H](n2cnc3c(N)nc(Cl)nc32)[C@@H]1O. The summed E-state index contributed by atoms with van der Waals surface area (Å²) in [6, 6.07) is 0. The molecule has 3 aromatic heterocycles. The number of carboxylic acid groups (broad SMARTS) is 1. The lowest BCUT2D eigenvalue weighted by Crippen LogP contribution is -2.49. The van der Waals surface area contributed by atoms with Gasteiger partial charge in [0.15, 0.2) is 23.3 Å². The number of halogens is 1. The van der Waals surface area contributed by atoms with Crippen molar-refractivity contribution in [3.8, 4) is 12.3 Å². The van der Waals surface area contributed by atoms with Crippen molar-refractivity contribution in [1.82, 2.24) is 24.5 Å². The van der Waals surface area contributed by atoms with Crippen LogP contribution >= 0.6 is 35.6 Å². The van der Waals surface area contributed by atoms with Gasteiger partial charge >= 0.3 is 5.97 Å². The van der Waals surface area contributed by atoms with E-state index in [0.717, 1.165) is 11.3 Å². The Morgan fingerprint density at radius 1 is 1.53 bits per heavy atom. The van der Waals surface area contributed by atoms with Crippen molar-refractivity contribution in [2.24, 2.45) is 0 Å². The van der Waals surface area contributed by atoms with Crippen molar-refractivity contribution in [2.75, 3.05) is 12.3 Å². The molecule has 5 atom stereocenters. The number of aliphatic carboxylic acids is 1. The minimum absolute atomic E-state index is 0.00269. The summed E-state index contributed by atoms with van der Waals surface area (Å²) >= 11 is 11.1. The van der Waals surface area contributed by atoms with Gasteiger partial charge in [-0.25, -0.2) is 14.8 Å². The third-order valence-corrected chi connectivity index (χ3v) is 6.26. The third kappa shape index (κ3) is 3.48. The fraction of sp³-hybridized carbons (Fsp3) is 0.353. The van der Waals surface area contributed by atoms with Crippen molar-refractivity contribution < 1.29 is 29.6 Å². The first-order chi connectivity index (χ1) is 15.1. The predicted octanol–water partition coefficient (Wildman–Crippen LogP) is 0.0250. The normalized spacial score (nSPS) is 27.3. The summed E-state index contributed by atoms with van der Waals surface area (Å²) < 4.78 is 12.5. The molecule has 1 aliphatic rings. The number of fused-ring (bicyclic) bond motifs is 1. The number of nitrogens with zero attached hydrogens (tertiary/aromatic N) is 5. The maximum Gasteiger partial charge on any atom is 0.353 e. The second-order valence-electron chi connectivity index (χ2n) is 6.77. The van der Waals surface area contributed by atoms with Crippen LogP contribution in [0.15, 0.2) is 17.2 Å². The summed E-state index contributed by atoms with van der Waals surface area (Å²) in [6.45, 7) is -0.550. The number of hydrogen-bond acceptors (Lipinski definition) is 12. The van der Waals surface area contributed by atoms with E-state index in [4.69, 9.17) is 33.2 Å². The molecule has 32 heavy (non-hydrogen) atoms. The number of terminal acetylenes is 1. The van der Waals surface area contributed by atoms with Crippen LogP contribution < -0.4 is 5.73 Å². The van der Waals surface area contributed by atoms with Gasteiger partial charge in [-0.05, 0) is 11.6 Å². The zero-order valence-corrected chi connectivity index (χ0v) is 18.3. The molecule has 3 aromatic rings. The number of carbonyl (C=O) groups is 1. The molecule has 1 fully saturated rings. The van der Waals surface area contributed by atoms with E-state index in [0.29, 0.717) is 0 Å². The first kappa shape index (κ1) is 22.7. The van der Waals surface area contributed by atoms with Crippen LogP contribution in [0.4, 0.5) is 5.82 Å². The first-order valence-electron chi connectivity index (χ1n) is 8.79. The zero-order chi connectivity index (χ0) is 23.3. The van der Waals surface area contributed by atoms with E-state index < -0.39 is 41.5 Å². The van der Waals surface area contributed by atoms with Crippen LogP contribution in [0, 0.1) is 12.3 Å². The number of nitrogen functional groups attached to an aromatic ring is 1. The number of anilines is 1. The van der Waals surface area contributed by atoms with Crippen molar-refractivity contribution in [2.45, 2.75) is 29.0 Å². The van der Waals surface area contributed by atoms with Gasteiger partial charge in [0.1, 0.15) is 23.4 Å². The summed E-state index contributed by atoms with van der Waals surface area (Å²) in [7, 11) is 0. The highest BCUT2D eigenvalue weighted by molar-refractivity contribution is 7.82. The van der Waals surface area contributed by atoms with E-state index in [1.807, 2.05) is 0 Å². The lowest BCUT2D eigenvalue weighted by atomic mass is 9.93. The van der Waals surface area contributed by atoms with E-state index in [2.05, 4.69) is 38.5 Å². The van der Waals surface area contributed by atoms with Gasteiger partial charge in [-0.15, -0.1) is 30.4 Å². The van der Waals surface area contributed by atoms with E-state index in [1.165, 1.54) is 21.8 Å². The molecule has 12 nitrogen and oxygen atoms in total. The zero-order valence-electron chi connectivity index (χ0n) is 15.9. The second-order valence-corrected chi connectivity index (χ2v) is 8.45. The molecule has 15 heteroatoms. The number of carboxylic acids is 1. The standard InChI is InChI=1S/C17H15ClN6O6S2/c1-2-16(28)8(3-29-17(31,14(26)27)7-4-32-6-21-7)30-13(10(16)25)24-5-20-9-11(19)22-15(18)23-12(9)24/h1,4-6,8,10,13,25,28,31H,3H2,(H,26,27)(H2,19,22,23)/t8-,10+,13-,16-,17?/m1/s1. The number of thiol groups is 1. The Morgan fingerprint density at radius 2 is 2.28 bits per heavy atom. The molecular formula is C17H15ClN6O6S2. The number of aliphatic hydroxyl groups is 2. The maximum atomic E-state index is 11.8. The summed E-state index contributed by atoms with van der Waals surface area (Å²) in [5.41, 5.74) is 5.31. The summed E-state index contributed by atoms with van der Waals surface area (Å²) in [6.07, 6.45) is 2.43. The fourth-order valence-electron chi connectivity index (χ4n) is 3.24. The molecule has 4 heterocycles. The van der Waals surface area contributed by atoms with Crippen molar-refractivity contribution >= 4 is 58.5 Å². The smallest absolute Gasteiger partial charge is 0.353 e. The summed E-state index contributed by atoms with van der Waals surface area (Å²) in [5, 5.41) is 32.6. The van der Waals surface area contributed by atoms with Crippen LogP contribution in [0.5, 0.6) is 0 Å². The highest BCUT2D eigenvalue weighted by atomic mass is 35.5. The molecule has 0 saturated carbocycles. The van der Waals surface area contributed by atoms with E-state index in [1.54, 1.807) is 0 Å². The number of aromatic nitrogens is 5. The predicted molar refractivity (Wildman–Crippen MR) is 115 cm³/mol. The largest absolute Gasteiger partial charge is 0.478 e. The molecule has 0 aliphatic carbocycles. The summed E-state index contributed by atoms with van der Waals surface area (Å²) in [4.78, 5) is 25.5. The van der Waals surface area contributed by atoms with Crippen LogP contribution in [-0.4, -0.2) is 70.2 Å².